The van der Waals surface area contributed by atoms with Crippen molar-refractivity contribution in [3.63, 3.8) is 0 Å². The van der Waals surface area contributed by atoms with Gasteiger partial charge in [-0.2, -0.15) is 0 Å². The molecule has 2 aromatic rings. The number of hydrogen-bond donors (Lipinski definition) is 0. The van der Waals surface area contributed by atoms with Gasteiger partial charge in [-0.3, -0.25) is 14.9 Å². The highest BCUT2D eigenvalue weighted by atomic mass is 35.5. The van der Waals surface area contributed by atoms with Gasteiger partial charge in [0.1, 0.15) is 10.8 Å². The molecule has 1 aliphatic rings. The van der Waals surface area contributed by atoms with Crippen LogP contribution in [0.1, 0.15) is 29.0 Å². The van der Waals surface area contributed by atoms with E-state index in [0.717, 1.165) is 12.8 Å². The molecule has 1 unspecified atom stereocenters. The van der Waals surface area contributed by atoms with Gasteiger partial charge in [-0.25, -0.2) is 0 Å². The van der Waals surface area contributed by atoms with Crippen molar-refractivity contribution in [1.29, 1.82) is 0 Å². The van der Waals surface area contributed by atoms with Gasteiger partial charge in [-0.1, -0.05) is 11.6 Å². The van der Waals surface area contributed by atoms with Gasteiger partial charge in [0, 0.05) is 24.8 Å². The van der Waals surface area contributed by atoms with Gasteiger partial charge >= 0.3 is 0 Å². The maximum Gasteiger partial charge on any atom is 0.288 e. The number of halogens is 1. The minimum absolute atomic E-state index is 0.00161. The van der Waals surface area contributed by atoms with Crippen molar-refractivity contribution in [2.45, 2.75) is 25.5 Å². The first-order chi connectivity index (χ1) is 12.0. The number of amides is 1. The van der Waals surface area contributed by atoms with Crippen LogP contribution in [-0.2, 0) is 11.3 Å². The van der Waals surface area contributed by atoms with Crippen LogP contribution in [0.25, 0.3) is 0 Å². The molecule has 0 N–H and O–H groups in total. The molecule has 1 amide bonds. The highest BCUT2D eigenvalue weighted by Gasteiger charge is 2.26. The Balaban J connectivity index is 1.84. The van der Waals surface area contributed by atoms with E-state index in [2.05, 4.69) is 0 Å². The van der Waals surface area contributed by atoms with E-state index in [1.54, 1.807) is 17.0 Å². The summed E-state index contributed by atoms with van der Waals surface area (Å²) in [5.74, 6) is 0.307. The summed E-state index contributed by atoms with van der Waals surface area (Å²) in [5.41, 5.74) is -0.0803. The monoisotopic (exact) mass is 364 g/mol. The summed E-state index contributed by atoms with van der Waals surface area (Å²) in [7, 11) is 0. The third-order valence-corrected chi connectivity index (χ3v) is 4.37. The molecule has 25 heavy (non-hydrogen) atoms. The van der Waals surface area contributed by atoms with Crippen molar-refractivity contribution in [1.82, 2.24) is 4.90 Å². The Kier molecular flexibility index (Phi) is 5.35. The van der Waals surface area contributed by atoms with Crippen molar-refractivity contribution in [2.24, 2.45) is 0 Å². The maximum atomic E-state index is 12.9. The third kappa shape index (κ3) is 4.18. The van der Waals surface area contributed by atoms with Crippen LogP contribution in [0.2, 0.25) is 5.02 Å². The Bertz CT molecular complexity index is 756. The SMILES string of the molecule is O=C(c1ccc(Cl)c([N+](=O)[O-])c1)N(Cc1ccco1)CC1CCCO1. The van der Waals surface area contributed by atoms with E-state index in [0.29, 0.717) is 18.9 Å². The number of hydrogen-bond acceptors (Lipinski definition) is 5. The molecule has 8 heteroatoms. The number of nitrogens with zero attached hydrogens (tertiary/aromatic N) is 2. The van der Waals surface area contributed by atoms with Crippen LogP contribution in [0.3, 0.4) is 0 Å². The Hall–Kier alpha value is -2.38. The van der Waals surface area contributed by atoms with Crippen LogP contribution in [-0.4, -0.2) is 35.0 Å². The Morgan fingerprint density at radius 1 is 1.40 bits per heavy atom. The second-order valence-corrected chi connectivity index (χ2v) is 6.23. The molecule has 1 atom stereocenters. The molecule has 1 aromatic heterocycles. The first kappa shape index (κ1) is 17.4. The van der Waals surface area contributed by atoms with Crippen molar-refractivity contribution < 1.29 is 18.9 Å². The van der Waals surface area contributed by atoms with Gasteiger partial charge in [0.05, 0.1) is 23.8 Å². The van der Waals surface area contributed by atoms with Gasteiger partial charge in [-0.05, 0) is 37.1 Å². The van der Waals surface area contributed by atoms with E-state index in [1.807, 2.05) is 0 Å². The molecule has 2 heterocycles. The van der Waals surface area contributed by atoms with Gasteiger partial charge < -0.3 is 14.1 Å². The highest BCUT2D eigenvalue weighted by Crippen LogP contribution is 2.26. The molecular formula is C17H17ClN2O5. The van der Waals surface area contributed by atoms with E-state index in [9.17, 15) is 14.9 Å². The number of nitro benzene ring substituents is 1. The number of furan rings is 1. The molecule has 132 valence electrons. The van der Waals surface area contributed by atoms with Crippen LogP contribution >= 0.6 is 11.6 Å². The summed E-state index contributed by atoms with van der Waals surface area (Å²) in [5, 5.41) is 11.1. The molecule has 1 aromatic carbocycles. The van der Waals surface area contributed by atoms with Crippen molar-refractivity contribution in [3.05, 3.63) is 63.1 Å². The second-order valence-electron chi connectivity index (χ2n) is 5.82. The normalized spacial score (nSPS) is 16.8. The van der Waals surface area contributed by atoms with Crippen LogP contribution < -0.4 is 0 Å². The molecule has 1 fully saturated rings. The van der Waals surface area contributed by atoms with Crippen molar-refractivity contribution in [2.75, 3.05) is 13.2 Å². The molecule has 7 nitrogen and oxygen atoms in total. The van der Waals surface area contributed by atoms with E-state index in [-0.39, 0.29) is 34.8 Å². The predicted octanol–water partition coefficient (Wildman–Crippen LogP) is 3.66. The molecule has 0 saturated carbocycles. The largest absolute Gasteiger partial charge is 0.467 e. The number of ether oxygens (including phenoxy) is 1. The third-order valence-electron chi connectivity index (χ3n) is 4.05. The van der Waals surface area contributed by atoms with E-state index >= 15 is 0 Å². The number of rotatable bonds is 6. The van der Waals surface area contributed by atoms with Gasteiger partial charge in [0.25, 0.3) is 11.6 Å². The average molecular weight is 365 g/mol. The zero-order valence-electron chi connectivity index (χ0n) is 13.4. The average Bonchev–Trinajstić information content (AvgIpc) is 3.27. The number of benzene rings is 1. The Morgan fingerprint density at radius 2 is 2.24 bits per heavy atom. The smallest absolute Gasteiger partial charge is 0.288 e. The molecule has 3 rings (SSSR count). The quantitative estimate of drug-likeness (QED) is 0.576. The van der Waals surface area contributed by atoms with Crippen LogP contribution in [0, 0.1) is 10.1 Å². The minimum atomic E-state index is -0.601. The van der Waals surface area contributed by atoms with Gasteiger partial charge in [0.15, 0.2) is 0 Å². The zero-order chi connectivity index (χ0) is 17.8. The Morgan fingerprint density at radius 3 is 2.88 bits per heavy atom. The lowest BCUT2D eigenvalue weighted by molar-refractivity contribution is -0.384. The lowest BCUT2D eigenvalue weighted by Crippen LogP contribution is -2.36. The lowest BCUT2D eigenvalue weighted by atomic mass is 10.1. The summed E-state index contributed by atoms with van der Waals surface area (Å²) in [6, 6.07) is 7.58. The lowest BCUT2D eigenvalue weighted by Gasteiger charge is -2.24. The van der Waals surface area contributed by atoms with E-state index < -0.39 is 4.92 Å². The fraction of sp³-hybridized carbons (Fsp3) is 0.353. The standard InChI is InChI=1S/C17H17ClN2O5/c18-15-6-5-12(9-16(15)20(22)23)17(21)19(10-13-3-1-7-24-13)11-14-4-2-8-25-14/h1,3,5-7,9,14H,2,4,8,10-11H2. The summed E-state index contributed by atoms with van der Waals surface area (Å²) in [6.07, 6.45) is 3.33. The van der Waals surface area contributed by atoms with Crippen LogP contribution in [0.15, 0.2) is 41.0 Å². The van der Waals surface area contributed by atoms with Crippen LogP contribution in [0.5, 0.6) is 0 Å². The molecular weight excluding hydrogens is 348 g/mol. The predicted molar refractivity (Wildman–Crippen MR) is 90.5 cm³/mol. The number of carbonyl (C=O) groups is 1. The minimum Gasteiger partial charge on any atom is -0.467 e. The molecule has 0 bridgehead atoms. The fourth-order valence-electron chi connectivity index (χ4n) is 2.81. The van der Waals surface area contributed by atoms with E-state index in [4.69, 9.17) is 20.8 Å². The summed E-state index contributed by atoms with van der Waals surface area (Å²) >= 11 is 5.83. The maximum absolute atomic E-state index is 12.9. The number of carbonyl (C=O) groups excluding carboxylic acids is 1. The van der Waals surface area contributed by atoms with Gasteiger partial charge in [-0.15, -0.1) is 0 Å². The van der Waals surface area contributed by atoms with E-state index in [1.165, 1.54) is 24.5 Å². The molecule has 1 saturated heterocycles. The first-order valence-electron chi connectivity index (χ1n) is 7.92. The molecule has 0 radical (unpaired) electrons. The molecule has 0 aliphatic carbocycles. The second kappa shape index (κ2) is 7.67. The highest BCUT2D eigenvalue weighted by molar-refractivity contribution is 6.32. The molecule has 1 aliphatic heterocycles. The zero-order valence-corrected chi connectivity index (χ0v) is 14.1. The first-order valence-corrected chi connectivity index (χ1v) is 8.29. The summed E-state index contributed by atoms with van der Waals surface area (Å²) in [4.78, 5) is 25.0. The number of nitro groups is 1. The van der Waals surface area contributed by atoms with Crippen molar-refractivity contribution >= 4 is 23.2 Å². The summed E-state index contributed by atoms with van der Waals surface area (Å²) < 4.78 is 10.9. The van der Waals surface area contributed by atoms with Crippen LogP contribution in [0.4, 0.5) is 5.69 Å². The topological polar surface area (TPSA) is 85.8 Å². The summed E-state index contributed by atoms with van der Waals surface area (Å²) in [6.45, 7) is 1.35. The molecule has 0 spiro atoms. The Labute approximate surface area is 149 Å². The van der Waals surface area contributed by atoms with Gasteiger partial charge in [0.2, 0.25) is 0 Å². The van der Waals surface area contributed by atoms with Crippen molar-refractivity contribution in [3.8, 4) is 0 Å². The fourth-order valence-corrected chi connectivity index (χ4v) is 3.00.